The van der Waals surface area contributed by atoms with Crippen LogP contribution in [0.15, 0.2) is 73.1 Å². The molecule has 1 aromatic heterocycles. The maximum Gasteiger partial charge on any atom is 0.343 e. The minimum atomic E-state index is -0.624. The van der Waals surface area contributed by atoms with Gasteiger partial charge in [0.15, 0.2) is 0 Å². The van der Waals surface area contributed by atoms with Gasteiger partial charge < -0.3 is 14.4 Å². The van der Waals surface area contributed by atoms with Crippen molar-refractivity contribution in [2.75, 3.05) is 13.1 Å². The van der Waals surface area contributed by atoms with Gasteiger partial charge in [-0.25, -0.2) is 9.18 Å². The molecule has 3 aromatic rings. The molecule has 1 amide bonds. The first kappa shape index (κ1) is 24.2. The highest BCUT2D eigenvalue weighted by Crippen LogP contribution is 2.23. The molecule has 1 fully saturated rings. The van der Waals surface area contributed by atoms with E-state index in [9.17, 15) is 14.0 Å². The summed E-state index contributed by atoms with van der Waals surface area (Å²) in [6, 6.07) is 15.8. The fraction of sp³-hybridized carbons (Fsp3) is 0.240. The highest BCUT2D eigenvalue weighted by molar-refractivity contribution is 5.91. The molecule has 0 N–H and O–H groups in total. The van der Waals surface area contributed by atoms with Crippen LogP contribution in [0.5, 0.6) is 11.5 Å². The molecule has 0 radical (unpaired) electrons. The van der Waals surface area contributed by atoms with E-state index in [1.165, 1.54) is 18.2 Å². The summed E-state index contributed by atoms with van der Waals surface area (Å²) >= 11 is 0. The molecule has 0 spiro atoms. The second kappa shape index (κ2) is 11.4. The van der Waals surface area contributed by atoms with Crippen molar-refractivity contribution < 1.29 is 23.5 Å². The highest BCUT2D eigenvalue weighted by atomic mass is 35.5. The molecule has 0 bridgehead atoms. The molecular weight excluding hydrogens is 447 g/mol. The van der Waals surface area contributed by atoms with E-state index >= 15 is 0 Å². The number of halogens is 2. The van der Waals surface area contributed by atoms with Crippen molar-refractivity contribution in [3.63, 3.8) is 0 Å². The molecule has 172 valence electrons. The smallest absolute Gasteiger partial charge is 0.343 e. The van der Waals surface area contributed by atoms with E-state index in [0.29, 0.717) is 31.0 Å². The average Bonchev–Trinajstić information content (AvgIpc) is 2.81. The molecule has 8 heteroatoms. The van der Waals surface area contributed by atoms with Crippen LogP contribution >= 0.6 is 12.4 Å². The van der Waals surface area contributed by atoms with Crippen molar-refractivity contribution in [2.45, 2.75) is 25.4 Å². The lowest BCUT2D eigenvalue weighted by molar-refractivity contribution is -0.132. The Morgan fingerprint density at radius 1 is 1.00 bits per heavy atom. The van der Waals surface area contributed by atoms with Crippen LogP contribution in [0.25, 0.3) is 0 Å². The van der Waals surface area contributed by atoms with Gasteiger partial charge in [0.2, 0.25) is 5.91 Å². The third-order valence-corrected chi connectivity index (χ3v) is 5.27. The summed E-state index contributed by atoms with van der Waals surface area (Å²) in [5, 5.41) is 0. The Kier molecular flexibility index (Phi) is 8.38. The number of hydrogen-bond acceptors (Lipinski definition) is 5. The predicted molar refractivity (Wildman–Crippen MR) is 123 cm³/mol. The van der Waals surface area contributed by atoms with Crippen molar-refractivity contribution in [3.8, 4) is 11.5 Å². The Morgan fingerprint density at radius 2 is 1.73 bits per heavy atom. The van der Waals surface area contributed by atoms with Crippen LogP contribution in [0.1, 0.15) is 28.8 Å². The quantitative estimate of drug-likeness (QED) is 0.392. The molecule has 0 aliphatic carbocycles. The van der Waals surface area contributed by atoms with Crippen LogP contribution in [-0.4, -0.2) is 41.0 Å². The number of carbonyl (C=O) groups is 2. The Bertz CT molecular complexity index is 1070. The summed E-state index contributed by atoms with van der Waals surface area (Å²) in [5.74, 6) is -0.00597. The summed E-state index contributed by atoms with van der Waals surface area (Å²) in [6.07, 6.45) is 5.27. The van der Waals surface area contributed by atoms with Crippen molar-refractivity contribution >= 4 is 24.3 Å². The number of ether oxygens (including phenoxy) is 2. The summed E-state index contributed by atoms with van der Waals surface area (Å²) in [6.45, 7) is 1.29. The number of piperidine rings is 1. The van der Waals surface area contributed by atoms with Crippen LogP contribution in [0.2, 0.25) is 0 Å². The average molecular weight is 471 g/mol. The normalized spacial score (nSPS) is 13.7. The van der Waals surface area contributed by atoms with Gasteiger partial charge in [-0.15, -0.1) is 12.4 Å². The van der Waals surface area contributed by atoms with Gasteiger partial charge in [0.25, 0.3) is 0 Å². The molecule has 2 aromatic carbocycles. The summed E-state index contributed by atoms with van der Waals surface area (Å²) in [4.78, 5) is 30.5. The maximum atomic E-state index is 13.3. The minimum absolute atomic E-state index is 0. The van der Waals surface area contributed by atoms with Gasteiger partial charge in [-0.05, 0) is 54.1 Å². The number of esters is 1. The minimum Gasteiger partial charge on any atom is -0.490 e. The van der Waals surface area contributed by atoms with Gasteiger partial charge in [-0.1, -0.05) is 12.1 Å². The summed E-state index contributed by atoms with van der Waals surface area (Å²) in [7, 11) is 0. The van der Waals surface area contributed by atoms with Crippen LogP contribution < -0.4 is 9.47 Å². The zero-order valence-corrected chi connectivity index (χ0v) is 18.7. The Balaban J connectivity index is 0.00000306. The number of pyridine rings is 1. The fourth-order valence-electron chi connectivity index (χ4n) is 3.57. The van der Waals surface area contributed by atoms with Crippen LogP contribution in [0.4, 0.5) is 4.39 Å². The lowest BCUT2D eigenvalue weighted by Crippen LogP contribution is -2.42. The van der Waals surface area contributed by atoms with E-state index in [4.69, 9.17) is 9.47 Å². The standard InChI is InChI=1S/C25H23FN2O4.ClH/c26-20-5-1-4-19(16-20)25(30)32-22-8-6-21(7-9-22)31-23-10-13-28(14-11-23)24(29)15-18-3-2-12-27-17-18;/h1-9,12,16-17,23H,10-11,13-15H2;1H. The van der Waals surface area contributed by atoms with Crippen molar-refractivity contribution in [1.29, 1.82) is 0 Å². The Morgan fingerprint density at radius 3 is 2.39 bits per heavy atom. The zero-order valence-electron chi connectivity index (χ0n) is 17.9. The van der Waals surface area contributed by atoms with Crippen LogP contribution in [0, 0.1) is 5.82 Å². The SMILES string of the molecule is Cl.O=C(Oc1ccc(OC2CCN(C(=O)Cc3cccnc3)CC2)cc1)c1cccc(F)c1. The lowest BCUT2D eigenvalue weighted by atomic mass is 10.1. The van der Waals surface area contributed by atoms with Gasteiger partial charge in [-0.3, -0.25) is 9.78 Å². The molecule has 1 aliphatic heterocycles. The number of benzene rings is 2. The number of carbonyl (C=O) groups excluding carboxylic acids is 2. The van der Waals surface area contributed by atoms with E-state index in [-0.39, 0.29) is 30.0 Å². The number of aromatic nitrogens is 1. The monoisotopic (exact) mass is 470 g/mol. The third kappa shape index (κ3) is 6.76. The number of rotatable bonds is 6. The first-order valence-electron chi connectivity index (χ1n) is 10.5. The molecule has 0 atom stereocenters. The first-order valence-corrected chi connectivity index (χ1v) is 10.5. The lowest BCUT2D eigenvalue weighted by Gasteiger charge is -2.32. The van der Waals surface area contributed by atoms with Crippen molar-refractivity contribution in [3.05, 3.63) is 90.0 Å². The molecule has 33 heavy (non-hydrogen) atoms. The van der Waals surface area contributed by atoms with E-state index in [2.05, 4.69) is 4.98 Å². The highest BCUT2D eigenvalue weighted by Gasteiger charge is 2.24. The summed E-state index contributed by atoms with van der Waals surface area (Å²) in [5.41, 5.74) is 1.06. The van der Waals surface area contributed by atoms with Gasteiger partial charge in [-0.2, -0.15) is 0 Å². The Labute approximate surface area is 197 Å². The van der Waals surface area contributed by atoms with Gasteiger partial charge in [0.1, 0.15) is 23.4 Å². The fourth-order valence-corrected chi connectivity index (χ4v) is 3.57. The van der Waals surface area contributed by atoms with Crippen LogP contribution in [0.3, 0.4) is 0 Å². The molecule has 6 nitrogen and oxygen atoms in total. The van der Waals surface area contributed by atoms with E-state index in [1.807, 2.05) is 17.0 Å². The van der Waals surface area contributed by atoms with Gasteiger partial charge >= 0.3 is 5.97 Å². The molecule has 2 heterocycles. The zero-order chi connectivity index (χ0) is 22.3. The van der Waals surface area contributed by atoms with Crippen molar-refractivity contribution in [2.24, 2.45) is 0 Å². The number of hydrogen-bond donors (Lipinski definition) is 0. The number of amides is 1. The second-order valence-corrected chi connectivity index (χ2v) is 7.61. The van der Waals surface area contributed by atoms with Gasteiger partial charge in [0, 0.05) is 38.3 Å². The first-order chi connectivity index (χ1) is 15.6. The van der Waals surface area contributed by atoms with E-state index < -0.39 is 11.8 Å². The molecule has 1 aliphatic rings. The predicted octanol–water partition coefficient (Wildman–Crippen LogP) is 4.47. The molecule has 4 rings (SSSR count). The number of nitrogens with zero attached hydrogens (tertiary/aromatic N) is 2. The number of likely N-dealkylation sites (tertiary alicyclic amines) is 1. The van der Waals surface area contributed by atoms with Crippen LogP contribution in [-0.2, 0) is 11.2 Å². The topological polar surface area (TPSA) is 68.7 Å². The van der Waals surface area contributed by atoms with Gasteiger partial charge in [0.05, 0.1) is 12.0 Å². The third-order valence-electron chi connectivity index (χ3n) is 5.27. The van der Waals surface area contributed by atoms with E-state index in [0.717, 1.165) is 24.5 Å². The Hall–Kier alpha value is -3.45. The second-order valence-electron chi connectivity index (χ2n) is 7.61. The maximum absolute atomic E-state index is 13.3. The van der Waals surface area contributed by atoms with E-state index in [1.54, 1.807) is 36.7 Å². The molecule has 0 unspecified atom stereocenters. The summed E-state index contributed by atoms with van der Waals surface area (Å²) < 4.78 is 24.6. The largest absolute Gasteiger partial charge is 0.490 e. The molecule has 1 saturated heterocycles. The molecule has 0 saturated carbocycles. The molecular formula is C25H24ClFN2O4. The van der Waals surface area contributed by atoms with Crippen molar-refractivity contribution in [1.82, 2.24) is 9.88 Å².